The first-order valence-corrected chi connectivity index (χ1v) is 6.69. The molecule has 0 aliphatic rings. The van der Waals surface area contributed by atoms with E-state index in [0.29, 0.717) is 6.61 Å². The molecular formula is C14H19ClN2O4. The summed E-state index contributed by atoms with van der Waals surface area (Å²) in [5, 5.41) is 14.8. The molecular weight excluding hydrogens is 296 g/mol. The Bertz CT molecular complexity index is 532. The number of carbonyl (C=O) groups excluding carboxylic acids is 1. The molecule has 7 heteroatoms. The molecule has 3 N–H and O–H groups in total. The van der Waals surface area contributed by atoms with Crippen molar-refractivity contribution in [3.63, 3.8) is 0 Å². The Kier molecular flexibility index (Phi) is 6.14. The van der Waals surface area contributed by atoms with Crippen LogP contribution in [-0.2, 0) is 9.53 Å². The number of carboxylic acids is 1. The lowest BCUT2D eigenvalue weighted by Gasteiger charge is -2.25. The number of hydrogen-bond donors (Lipinski definition) is 3. The Morgan fingerprint density at radius 3 is 2.62 bits per heavy atom. The smallest absolute Gasteiger partial charge is 0.335 e. The van der Waals surface area contributed by atoms with Gasteiger partial charge < -0.3 is 20.5 Å². The lowest BCUT2D eigenvalue weighted by molar-refractivity contribution is -0.115. The summed E-state index contributed by atoms with van der Waals surface area (Å²) in [4.78, 5) is 22.8. The van der Waals surface area contributed by atoms with Crippen LogP contribution in [0.5, 0.6) is 0 Å². The topological polar surface area (TPSA) is 87.7 Å². The average Bonchev–Trinajstić information content (AvgIpc) is 2.39. The minimum Gasteiger partial charge on any atom is -0.478 e. The number of aromatic carboxylic acids is 1. The molecule has 0 aliphatic carbocycles. The predicted octanol–water partition coefficient (Wildman–Crippen LogP) is 1.99. The van der Waals surface area contributed by atoms with Gasteiger partial charge in [-0.1, -0.05) is 11.6 Å². The molecule has 0 saturated carbocycles. The van der Waals surface area contributed by atoms with Gasteiger partial charge in [0.2, 0.25) is 5.91 Å². The number of nitrogens with one attached hydrogen (secondary N) is 2. The summed E-state index contributed by atoms with van der Waals surface area (Å²) in [5.41, 5.74) is -0.0194. The van der Waals surface area contributed by atoms with E-state index in [1.54, 1.807) is 7.11 Å². The summed E-state index contributed by atoms with van der Waals surface area (Å²) in [6.45, 7) is 4.32. The molecule has 21 heavy (non-hydrogen) atoms. The fraction of sp³-hybridized carbons (Fsp3) is 0.429. The normalized spacial score (nSPS) is 11.2. The Morgan fingerprint density at radius 2 is 2.05 bits per heavy atom. The van der Waals surface area contributed by atoms with Crippen LogP contribution in [0.3, 0.4) is 0 Å². The molecule has 0 fully saturated rings. The third-order valence-electron chi connectivity index (χ3n) is 2.72. The van der Waals surface area contributed by atoms with Crippen LogP contribution in [0.4, 0.5) is 5.69 Å². The first kappa shape index (κ1) is 17.4. The minimum atomic E-state index is -1.08. The van der Waals surface area contributed by atoms with E-state index in [1.165, 1.54) is 18.2 Å². The molecule has 6 nitrogen and oxygen atoms in total. The van der Waals surface area contributed by atoms with Gasteiger partial charge in [-0.25, -0.2) is 4.79 Å². The van der Waals surface area contributed by atoms with Gasteiger partial charge in [0.05, 0.1) is 29.4 Å². The summed E-state index contributed by atoms with van der Waals surface area (Å²) in [6, 6.07) is 4.13. The van der Waals surface area contributed by atoms with Gasteiger partial charge in [-0.15, -0.1) is 0 Å². The zero-order chi connectivity index (χ0) is 16.0. The molecule has 0 aliphatic heterocycles. The summed E-state index contributed by atoms with van der Waals surface area (Å²) < 4.78 is 5.04. The monoisotopic (exact) mass is 314 g/mol. The third-order valence-corrected chi connectivity index (χ3v) is 3.05. The fourth-order valence-corrected chi connectivity index (χ4v) is 1.84. The molecule has 1 amide bonds. The second kappa shape index (κ2) is 7.40. The van der Waals surface area contributed by atoms with Crippen LogP contribution >= 0.6 is 11.6 Å². The second-order valence-electron chi connectivity index (χ2n) is 5.22. The molecule has 0 unspecified atom stereocenters. The van der Waals surface area contributed by atoms with Crippen LogP contribution in [0.2, 0.25) is 5.02 Å². The first-order valence-electron chi connectivity index (χ1n) is 6.32. The maximum absolute atomic E-state index is 11.9. The maximum Gasteiger partial charge on any atom is 0.335 e. The number of halogens is 1. The van der Waals surface area contributed by atoms with E-state index < -0.39 is 5.97 Å². The van der Waals surface area contributed by atoms with Crippen LogP contribution in [-0.4, -0.2) is 42.8 Å². The minimum absolute atomic E-state index is 0.0578. The molecule has 0 atom stereocenters. The number of benzene rings is 1. The molecule has 0 bridgehead atoms. The van der Waals surface area contributed by atoms with Crippen molar-refractivity contribution in [3.05, 3.63) is 28.8 Å². The Labute approximate surface area is 128 Å². The Morgan fingerprint density at radius 1 is 1.38 bits per heavy atom. The summed E-state index contributed by atoms with van der Waals surface area (Å²) in [6.07, 6.45) is 0. The Balaban J connectivity index is 2.67. The van der Waals surface area contributed by atoms with Gasteiger partial charge in [-0.05, 0) is 32.0 Å². The van der Waals surface area contributed by atoms with E-state index in [0.717, 1.165) is 0 Å². The number of ether oxygens (including phenoxy) is 1. The van der Waals surface area contributed by atoms with Gasteiger partial charge in [-0.3, -0.25) is 4.79 Å². The molecule has 1 aromatic carbocycles. The van der Waals surface area contributed by atoms with Crippen molar-refractivity contribution in [2.75, 3.05) is 25.6 Å². The molecule has 0 saturated heterocycles. The zero-order valence-corrected chi connectivity index (χ0v) is 13.0. The second-order valence-corrected chi connectivity index (χ2v) is 5.63. The van der Waals surface area contributed by atoms with Crippen LogP contribution in [0.25, 0.3) is 0 Å². The summed E-state index contributed by atoms with van der Waals surface area (Å²) in [5.74, 6) is -1.40. The molecule has 1 rings (SSSR count). The first-order chi connectivity index (χ1) is 9.75. The lowest BCUT2D eigenvalue weighted by atomic mass is 10.1. The van der Waals surface area contributed by atoms with Crippen molar-refractivity contribution < 1.29 is 19.4 Å². The largest absolute Gasteiger partial charge is 0.478 e. The van der Waals surface area contributed by atoms with Gasteiger partial charge in [0.15, 0.2) is 0 Å². The number of amides is 1. The number of rotatable bonds is 7. The zero-order valence-electron chi connectivity index (χ0n) is 12.2. The van der Waals surface area contributed by atoms with E-state index in [1.807, 2.05) is 13.8 Å². The summed E-state index contributed by atoms with van der Waals surface area (Å²) in [7, 11) is 1.58. The SMILES string of the molecule is COCC(C)(C)NCC(=O)Nc1cc(C(=O)O)ccc1Cl. The highest BCUT2D eigenvalue weighted by atomic mass is 35.5. The van der Waals surface area contributed by atoms with E-state index in [2.05, 4.69) is 10.6 Å². The van der Waals surface area contributed by atoms with E-state index in [9.17, 15) is 9.59 Å². The third kappa shape index (κ3) is 5.71. The van der Waals surface area contributed by atoms with Crippen molar-refractivity contribution in [1.29, 1.82) is 0 Å². The molecule has 116 valence electrons. The highest BCUT2D eigenvalue weighted by Crippen LogP contribution is 2.23. The number of methoxy groups -OCH3 is 1. The molecule has 0 radical (unpaired) electrons. The molecule has 1 aromatic rings. The highest BCUT2D eigenvalue weighted by Gasteiger charge is 2.18. The van der Waals surface area contributed by atoms with Crippen molar-refractivity contribution in [3.8, 4) is 0 Å². The van der Waals surface area contributed by atoms with E-state index >= 15 is 0 Å². The molecule has 0 aromatic heterocycles. The van der Waals surface area contributed by atoms with Gasteiger partial charge >= 0.3 is 5.97 Å². The van der Waals surface area contributed by atoms with Gasteiger partial charge in [0.1, 0.15) is 0 Å². The number of carboxylic acid groups (broad SMARTS) is 1. The van der Waals surface area contributed by atoms with Crippen molar-refractivity contribution in [2.45, 2.75) is 19.4 Å². The van der Waals surface area contributed by atoms with Crippen molar-refractivity contribution >= 4 is 29.2 Å². The van der Waals surface area contributed by atoms with Crippen LogP contribution in [0.15, 0.2) is 18.2 Å². The van der Waals surface area contributed by atoms with Crippen molar-refractivity contribution in [1.82, 2.24) is 5.32 Å². The predicted molar refractivity (Wildman–Crippen MR) is 81.0 cm³/mol. The molecule has 0 spiro atoms. The standard InChI is InChI=1S/C14H19ClN2O4/c1-14(2,8-21-3)16-7-12(18)17-11-6-9(13(19)20)4-5-10(11)15/h4-6,16H,7-8H2,1-3H3,(H,17,18)(H,19,20). The van der Waals surface area contributed by atoms with Gasteiger partial charge in [-0.2, -0.15) is 0 Å². The lowest BCUT2D eigenvalue weighted by Crippen LogP contribution is -2.46. The summed E-state index contributed by atoms with van der Waals surface area (Å²) >= 11 is 5.94. The van der Waals surface area contributed by atoms with Gasteiger partial charge in [0, 0.05) is 12.6 Å². The highest BCUT2D eigenvalue weighted by molar-refractivity contribution is 6.33. The number of hydrogen-bond acceptors (Lipinski definition) is 4. The Hall–Kier alpha value is -1.63. The molecule has 0 heterocycles. The van der Waals surface area contributed by atoms with Crippen LogP contribution in [0.1, 0.15) is 24.2 Å². The number of carbonyl (C=O) groups is 2. The van der Waals surface area contributed by atoms with E-state index in [-0.39, 0.29) is 34.3 Å². The van der Waals surface area contributed by atoms with Crippen LogP contribution < -0.4 is 10.6 Å². The average molecular weight is 315 g/mol. The van der Waals surface area contributed by atoms with Crippen LogP contribution in [0, 0.1) is 0 Å². The maximum atomic E-state index is 11.9. The van der Waals surface area contributed by atoms with Gasteiger partial charge in [0.25, 0.3) is 0 Å². The fourth-order valence-electron chi connectivity index (χ4n) is 1.68. The quantitative estimate of drug-likeness (QED) is 0.716. The van der Waals surface area contributed by atoms with Crippen molar-refractivity contribution in [2.24, 2.45) is 0 Å². The number of anilines is 1. The van der Waals surface area contributed by atoms with E-state index in [4.69, 9.17) is 21.4 Å².